The molecule has 0 bridgehead atoms. The summed E-state index contributed by atoms with van der Waals surface area (Å²) in [4.78, 5) is 14.1. The Kier molecular flexibility index (Phi) is 2.47. The maximum Gasteiger partial charge on any atom is 0.235 e. The third-order valence-electron chi connectivity index (χ3n) is 2.32. The zero-order valence-corrected chi connectivity index (χ0v) is 9.06. The van der Waals surface area contributed by atoms with Crippen LogP contribution in [0, 0.1) is 0 Å². The summed E-state index contributed by atoms with van der Waals surface area (Å²) in [7, 11) is 0. The molecule has 0 saturated heterocycles. The van der Waals surface area contributed by atoms with Crippen molar-refractivity contribution in [2.75, 3.05) is 0 Å². The molecule has 2 atom stereocenters. The minimum absolute atomic E-state index is 0.0225. The molecule has 0 spiro atoms. The molecule has 3 heteroatoms. The number of aliphatic imine (C=N–C) groups is 1. The van der Waals surface area contributed by atoms with Crippen molar-refractivity contribution in [3.63, 3.8) is 0 Å². The fourth-order valence-electron chi connectivity index (χ4n) is 1.73. The second-order valence-electron chi connectivity index (χ2n) is 3.08. The number of halogens is 1. The van der Waals surface area contributed by atoms with Crippen LogP contribution in [0.3, 0.4) is 0 Å². The van der Waals surface area contributed by atoms with Crippen LogP contribution in [0.2, 0.25) is 0 Å². The largest absolute Gasteiger partial charge is 0.235 e. The first-order valence-corrected chi connectivity index (χ1v) is 5.36. The van der Waals surface area contributed by atoms with Crippen molar-refractivity contribution in [1.29, 1.82) is 0 Å². The zero-order chi connectivity index (χ0) is 9.26. The highest BCUT2D eigenvalue weighted by Crippen LogP contribution is 2.38. The number of alkyl halides is 1. The van der Waals surface area contributed by atoms with Crippen molar-refractivity contribution in [3.05, 3.63) is 35.4 Å². The first-order valence-electron chi connectivity index (χ1n) is 4.12. The summed E-state index contributed by atoms with van der Waals surface area (Å²) in [6.45, 7) is 0. The highest BCUT2D eigenvalue weighted by molar-refractivity contribution is 14.1. The Hall–Kier alpha value is -0.670. The molecular formula is C10H8INO. The molecule has 0 radical (unpaired) electrons. The SMILES string of the molecule is O=C=NC1c2ccccc2CC1I. The van der Waals surface area contributed by atoms with Gasteiger partial charge < -0.3 is 0 Å². The molecule has 0 heterocycles. The van der Waals surface area contributed by atoms with Gasteiger partial charge in [-0.2, -0.15) is 4.99 Å². The zero-order valence-electron chi connectivity index (χ0n) is 6.90. The van der Waals surface area contributed by atoms with Crippen LogP contribution < -0.4 is 0 Å². The molecule has 0 saturated carbocycles. The maximum absolute atomic E-state index is 10.2. The van der Waals surface area contributed by atoms with E-state index < -0.39 is 0 Å². The van der Waals surface area contributed by atoms with Gasteiger partial charge in [0.25, 0.3) is 0 Å². The molecule has 0 aliphatic heterocycles. The third kappa shape index (κ3) is 1.54. The van der Waals surface area contributed by atoms with Crippen molar-refractivity contribution >= 4 is 28.7 Å². The third-order valence-corrected chi connectivity index (χ3v) is 3.44. The van der Waals surface area contributed by atoms with Crippen LogP contribution in [0.1, 0.15) is 17.2 Å². The van der Waals surface area contributed by atoms with E-state index >= 15 is 0 Å². The summed E-state index contributed by atoms with van der Waals surface area (Å²) in [5.41, 5.74) is 2.50. The Morgan fingerprint density at radius 2 is 2.23 bits per heavy atom. The van der Waals surface area contributed by atoms with Gasteiger partial charge in [0.05, 0.1) is 6.04 Å². The number of hydrogen-bond acceptors (Lipinski definition) is 2. The molecule has 0 fully saturated rings. The van der Waals surface area contributed by atoms with Crippen LogP contribution in [0.5, 0.6) is 0 Å². The van der Waals surface area contributed by atoms with Crippen LogP contribution in [-0.4, -0.2) is 10.0 Å². The van der Waals surface area contributed by atoms with Gasteiger partial charge in [-0.1, -0.05) is 46.9 Å². The summed E-state index contributed by atoms with van der Waals surface area (Å²) >= 11 is 2.34. The fourth-order valence-corrected chi connectivity index (χ4v) is 2.76. The molecule has 0 aromatic heterocycles. The Morgan fingerprint density at radius 1 is 1.46 bits per heavy atom. The Bertz CT molecular complexity index is 371. The first-order chi connectivity index (χ1) is 6.33. The molecule has 2 nitrogen and oxygen atoms in total. The second-order valence-corrected chi connectivity index (χ2v) is 4.68. The summed E-state index contributed by atoms with van der Waals surface area (Å²) in [5, 5.41) is 0. The average molecular weight is 285 g/mol. The van der Waals surface area contributed by atoms with E-state index in [-0.39, 0.29) is 6.04 Å². The second kappa shape index (κ2) is 3.60. The van der Waals surface area contributed by atoms with E-state index in [2.05, 4.69) is 33.6 Å². The summed E-state index contributed by atoms with van der Waals surface area (Å²) in [5.74, 6) is 0. The maximum atomic E-state index is 10.2. The molecule has 2 rings (SSSR count). The summed E-state index contributed by atoms with van der Waals surface area (Å²) in [6, 6.07) is 8.17. The van der Waals surface area contributed by atoms with Crippen molar-refractivity contribution in [2.24, 2.45) is 4.99 Å². The van der Waals surface area contributed by atoms with Crippen molar-refractivity contribution in [1.82, 2.24) is 0 Å². The minimum atomic E-state index is 0.0225. The molecule has 1 aromatic carbocycles. The average Bonchev–Trinajstić information content (AvgIpc) is 2.44. The normalized spacial score (nSPS) is 25.0. The predicted molar refractivity (Wildman–Crippen MR) is 58.8 cm³/mol. The van der Waals surface area contributed by atoms with Crippen molar-refractivity contribution in [2.45, 2.75) is 16.4 Å². The smallest absolute Gasteiger partial charge is 0.211 e. The number of benzene rings is 1. The fraction of sp³-hybridized carbons (Fsp3) is 0.300. The topological polar surface area (TPSA) is 29.4 Å². The van der Waals surface area contributed by atoms with E-state index in [1.54, 1.807) is 6.08 Å². The Morgan fingerprint density at radius 3 is 3.00 bits per heavy atom. The molecule has 66 valence electrons. The van der Waals surface area contributed by atoms with Gasteiger partial charge in [-0.3, -0.25) is 0 Å². The lowest BCUT2D eigenvalue weighted by Crippen LogP contribution is -2.02. The molecule has 1 aliphatic carbocycles. The van der Waals surface area contributed by atoms with Crippen LogP contribution >= 0.6 is 22.6 Å². The quantitative estimate of drug-likeness (QED) is 0.337. The number of nitrogens with zero attached hydrogens (tertiary/aromatic N) is 1. The van der Waals surface area contributed by atoms with Gasteiger partial charge in [0.2, 0.25) is 6.08 Å². The van der Waals surface area contributed by atoms with E-state index in [0.717, 1.165) is 6.42 Å². The van der Waals surface area contributed by atoms with Crippen molar-refractivity contribution in [3.8, 4) is 0 Å². The molecule has 2 unspecified atom stereocenters. The highest BCUT2D eigenvalue weighted by Gasteiger charge is 2.29. The van der Waals surface area contributed by atoms with E-state index in [0.29, 0.717) is 3.92 Å². The Labute approximate surface area is 90.2 Å². The predicted octanol–water partition coefficient (Wildman–Crippen LogP) is 2.42. The van der Waals surface area contributed by atoms with Crippen LogP contribution in [0.15, 0.2) is 29.3 Å². The highest BCUT2D eigenvalue weighted by atomic mass is 127. The van der Waals surface area contributed by atoms with E-state index in [4.69, 9.17) is 0 Å². The van der Waals surface area contributed by atoms with Gasteiger partial charge in [0, 0.05) is 3.92 Å². The lowest BCUT2D eigenvalue weighted by atomic mass is 10.1. The first kappa shape index (κ1) is 8.91. The molecule has 13 heavy (non-hydrogen) atoms. The summed E-state index contributed by atoms with van der Waals surface area (Å²) in [6.07, 6.45) is 2.66. The molecule has 0 N–H and O–H groups in total. The number of rotatable bonds is 1. The van der Waals surface area contributed by atoms with Gasteiger partial charge in [-0.15, -0.1) is 0 Å². The summed E-state index contributed by atoms with van der Waals surface area (Å²) < 4.78 is 0.399. The van der Waals surface area contributed by atoms with Crippen LogP contribution in [0.4, 0.5) is 0 Å². The standard InChI is InChI=1S/C10H8INO/c11-9-5-7-3-1-2-4-8(7)10(9)12-6-13/h1-4,9-10H,5H2. The number of hydrogen-bond donors (Lipinski definition) is 0. The van der Waals surface area contributed by atoms with Crippen LogP contribution in [0.25, 0.3) is 0 Å². The van der Waals surface area contributed by atoms with Crippen LogP contribution in [-0.2, 0) is 11.2 Å². The van der Waals surface area contributed by atoms with E-state index in [9.17, 15) is 4.79 Å². The van der Waals surface area contributed by atoms with Gasteiger partial charge >= 0.3 is 0 Å². The number of carbonyl (C=O) groups excluding carboxylic acids is 1. The van der Waals surface area contributed by atoms with E-state index in [1.807, 2.05) is 18.2 Å². The lowest BCUT2D eigenvalue weighted by Gasteiger charge is -2.06. The van der Waals surface area contributed by atoms with Gasteiger partial charge in [-0.05, 0) is 17.5 Å². The molecule has 1 aliphatic rings. The minimum Gasteiger partial charge on any atom is -0.211 e. The molecule has 1 aromatic rings. The lowest BCUT2D eigenvalue weighted by molar-refractivity contribution is 0.558. The molecular weight excluding hydrogens is 277 g/mol. The van der Waals surface area contributed by atoms with Gasteiger partial charge in [-0.25, -0.2) is 4.79 Å². The monoisotopic (exact) mass is 285 g/mol. The molecule has 0 amide bonds. The number of isocyanates is 1. The van der Waals surface area contributed by atoms with Crippen molar-refractivity contribution < 1.29 is 4.79 Å². The van der Waals surface area contributed by atoms with E-state index in [1.165, 1.54) is 11.1 Å². The van der Waals surface area contributed by atoms with Gasteiger partial charge in [0.15, 0.2) is 0 Å². The Balaban J connectivity index is 2.46. The number of fused-ring (bicyclic) bond motifs is 1. The van der Waals surface area contributed by atoms with Gasteiger partial charge in [0.1, 0.15) is 0 Å².